The van der Waals surface area contributed by atoms with E-state index < -0.39 is 0 Å². The number of halogens is 2. The van der Waals surface area contributed by atoms with Gasteiger partial charge in [-0.2, -0.15) is 14.9 Å². The third-order valence-corrected chi connectivity index (χ3v) is 5.34. The molecule has 2 heterocycles. The summed E-state index contributed by atoms with van der Waals surface area (Å²) in [5, 5.41) is 14.9. The summed E-state index contributed by atoms with van der Waals surface area (Å²) in [7, 11) is 0. The summed E-state index contributed by atoms with van der Waals surface area (Å²) in [6.45, 7) is 0. The van der Waals surface area contributed by atoms with Gasteiger partial charge in [0.15, 0.2) is 5.65 Å². The Balaban J connectivity index is 1.69. The quantitative estimate of drug-likeness (QED) is 0.489. The van der Waals surface area contributed by atoms with Crippen LogP contribution in [0.5, 0.6) is 0 Å². The van der Waals surface area contributed by atoms with Crippen LogP contribution in [0.3, 0.4) is 0 Å². The lowest BCUT2D eigenvalue weighted by Crippen LogP contribution is -2.19. The number of fused-ring (bicyclic) bond motifs is 1. The third kappa shape index (κ3) is 3.77. The molecule has 4 rings (SSSR count). The predicted molar refractivity (Wildman–Crippen MR) is 114 cm³/mol. The van der Waals surface area contributed by atoms with E-state index in [2.05, 4.69) is 28.3 Å². The molecule has 2 aromatic heterocycles. The summed E-state index contributed by atoms with van der Waals surface area (Å²) in [5.74, 6) is 0. The molecule has 5 nitrogen and oxygen atoms in total. The molecule has 0 aliphatic heterocycles. The largest absolute Gasteiger partial charge is 0.345 e. The number of hydrogen-bond donors (Lipinski definition) is 1. The van der Waals surface area contributed by atoms with Gasteiger partial charge in [-0.1, -0.05) is 53.5 Å². The molecule has 0 saturated carbocycles. The maximum absolute atomic E-state index is 12.9. The number of rotatable bonds is 5. The molecule has 0 amide bonds. The monoisotopic (exact) mass is 422 g/mol. The standard InChI is InChI=1S/C22H16Cl2N4O/c23-16-9-10-17(19(24)11-16)20-18(12-25)21-26-13-15(22(29)28(21)27-20)8-4-7-14-5-2-1-3-6-14/h1-3,5-6,9-11,13,26H,4,7-8H2. The molecule has 29 heavy (non-hydrogen) atoms. The van der Waals surface area contributed by atoms with Crippen LogP contribution in [0, 0.1) is 11.3 Å². The fourth-order valence-corrected chi connectivity index (χ4v) is 3.83. The number of aromatic nitrogens is 3. The van der Waals surface area contributed by atoms with Crippen molar-refractivity contribution >= 4 is 28.8 Å². The predicted octanol–water partition coefficient (Wildman–Crippen LogP) is 5.04. The first-order valence-electron chi connectivity index (χ1n) is 9.11. The number of hydrogen-bond acceptors (Lipinski definition) is 3. The molecular formula is C22H16Cl2N4O. The molecule has 0 aliphatic carbocycles. The maximum atomic E-state index is 12.9. The van der Waals surface area contributed by atoms with E-state index in [1.54, 1.807) is 24.4 Å². The van der Waals surface area contributed by atoms with Crippen LogP contribution in [0.2, 0.25) is 10.0 Å². The smallest absolute Gasteiger partial charge is 0.277 e. The van der Waals surface area contributed by atoms with Crippen molar-refractivity contribution in [2.75, 3.05) is 0 Å². The minimum absolute atomic E-state index is 0.236. The summed E-state index contributed by atoms with van der Waals surface area (Å²) < 4.78 is 1.25. The SMILES string of the molecule is N#Cc1c(-c2ccc(Cl)cc2Cl)nn2c(=O)c(CCCc3ccccc3)c[nH]c12. The average Bonchev–Trinajstić information content (AvgIpc) is 3.09. The molecular weight excluding hydrogens is 407 g/mol. The zero-order valence-corrected chi connectivity index (χ0v) is 16.8. The van der Waals surface area contributed by atoms with E-state index in [0.717, 1.165) is 12.8 Å². The number of nitrogens with zero attached hydrogens (tertiary/aromatic N) is 3. The second-order valence-electron chi connectivity index (χ2n) is 6.68. The van der Waals surface area contributed by atoms with Crippen molar-refractivity contribution < 1.29 is 0 Å². The van der Waals surface area contributed by atoms with Gasteiger partial charge in [-0.25, -0.2) is 0 Å². The van der Waals surface area contributed by atoms with Crippen LogP contribution in [0.4, 0.5) is 0 Å². The van der Waals surface area contributed by atoms with Gasteiger partial charge in [-0.3, -0.25) is 4.79 Å². The molecule has 0 saturated heterocycles. The molecule has 0 bridgehead atoms. The topological polar surface area (TPSA) is 74.0 Å². The van der Waals surface area contributed by atoms with E-state index in [9.17, 15) is 10.1 Å². The highest BCUT2D eigenvalue weighted by Gasteiger charge is 2.19. The number of H-pyrrole nitrogens is 1. The molecule has 144 valence electrons. The van der Waals surface area contributed by atoms with Gasteiger partial charge < -0.3 is 4.98 Å². The minimum Gasteiger partial charge on any atom is -0.345 e. The Labute approximate surface area is 177 Å². The molecule has 7 heteroatoms. The van der Waals surface area contributed by atoms with Crippen molar-refractivity contribution in [2.24, 2.45) is 0 Å². The zero-order chi connectivity index (χ0) is 20.4. The van der Waals surface area contributed by atoms with Gasteiger partial charge in [-0.05, 0) is 43.0 Å². The zero-order valence-electron chi connectivity index (χ0n) is 15.3. The fraction of sp³-hybridized carbons (Fsp3) is 0.136. The Bertz CT molecular complexity index is 1290. The first-order valence-corrected chi connectivity index (χ1v) is 9.87. The van der Waals surface area contributed by atoms with E-state index >= 15 is 0 Å². The Morgan fingerprint density at radius 1 is 1.10 bits per heavy atom. The van der Waals surface area contributed by atoms with Crippen LogP contribution in [-0.2, 0) is 12.8 Å². The molecule has 0 atom stereocenters. The molecule has 0 radical (unpaired) electrons. The van der Waals surface area contributed by atoms with Crippen LogP contribution in [0.1, 0.15) is 23.1 Å². The lowest BCUT2D eigenvalue weighted by molar-refractivity contribution is 0.785. The highest BCUT2D eigenvalue weighted by atomic mass is 35.5. The Morgan fingerprint density at radius 3 is 2.62 bits per heavy atom. The summed E-state index contributed by atoms with van der Waals surface area (Å²) in [4.78, 5) is 16.0. The van der Waals surface area contributed by atoms with Crippen LogP contribution in [0.15, 0.2) is 59.5 Å². The summed E-state index contributed by atoms with van der Waals surface area (Å²) in [6, 6.07) is 17.2. The van der Waals surface area contributed by atoms with Gasteiger partial charge >= 0.3 is 0 Å². The minimum atomic E-state index is -0.236. The number of aromatic amines is 1. The van der Waals surface area contributed by atoms with Crippen LogP contribution in [0.25, 0.3) is 16.9 Å². The van der Waals surface area contributed by atoms with Crippen molar-refractivity contribution in [1.29, 1.82) is 5.26 Å². The lowest BCUT2D eigenvalue weighted by Gasteiger charge is -2.02. The second kappa shape index (κ2) is 8.12. The van der Waals surface area contributed by atoms with E-state index in [1.165, 1.54) is 10.1 Å². The number of benzene rings is 2. The summed E-state index contributed by atoms with van der Waals surface area (Å²) >= 11 is 12.3. The Morgan fingerprint density at radius 2 is 1.90 bits per heavy atom. The molecule has 1 N–H and O–H groups in total. The van der Waals surface area contributed by atoms with Crippen molar-refractivity contribution in [3.05, 3.63) is 91.8 Å². The van der Waals surface area contributed by atoms with Crippen molar-refractivity contribution in [2.45, 2.75) is 19.3 Å². The van der Waals surface area contributed by atoms with E-state index in [0.29, 0.717) is 38.9 Å². The van der Waals surface area contributed by atoms with Gasteiger partial charge in [0.25, 0.3) is 5.56 Å². The first kappa shape index (κ1) is 19.3. The molecule has 0 unspecified atom stereocenters. The second-order valence-corrected chi connectivity index (χ2v) is 7.52. The van der Waals surface area contributed by atoms with E-state index in [-0.39, 0.29) is 11.1 Å². The molecule has 0 aliphatic rings. The van der Waals surface area contributed by atoms with Gasteiger partial charge in [0, 0.05) is 22.3 Å². The van der Waals surface area contributed by atoms with Gasteiger partial charge in [0.1, 0.15) is 17.3 Å². The number of nitrogens with one attached hydrogen (secondary N) is 1. The van der Waals surface area contributed by atoms with Crippen molar-refractivity contribution in [1.82, 2.24) is 14.6 Å². The number of aryl methyl sites for hydroxylation is 2. The van der Waals surface area contributed by atoms with E-state index in [1.807, 2.05) is 18.2 Å². The highest BCUT2D eigenvalue weighted by Crippen LogP contribution is 2.32. The molecule has 2 aromatic carbocycles. The molecule has 4 aromatic rings. The van der Waals surface area contributed by atoms with Crippen LogP contribution >= 0.6 is 23.2 Å². The van der Waals surface area contributed by atoms with Gasteiger partial charge in [0.05, 0.1) is 5.02 Å². The van der Waals surface area contributed by atoms with Gasteiger partial charge in [0.2, 0.25) is 0 Å². The van der Waals surface area contributed by atoms with Crippen molar-refractivity contribution in [3.63, 3.8) is 0 Å². The third-order valence-electron chi connectivity index (χ3n) is 4.79. The Hall–Kier alpha value is -3.07. The fourth-order valence-electron chi connectivity index (χ4n) is 3.33. The first-order chi connectivity index (χ1) is 14.1. The van der Waals surface area contributed by atoms with Gasteiger partial charge in [-0.15, -0.1) is 0 Å². The maximum Gasteiger partial charge on any atom is 0.277 e. The summed E-state index contributed by atoms with van der Waals surface area (Å²) in [6.07, 6.45) is 3.99. The summed E-state index contributed by atoms with van der Waals surface area (Å²) in [5.41, 5.74) is 3.13. The number of nitriles is 1. The highest BCUT2D eigenvalue weighted by molar-refractivity contribution is 6.36. The van der Waals surface area contributed by atoms with Crippen molar-refractivity contribution in [3.8, 4) is 17.3 Å². The van der Waals surface area contributed by atoms with E-state index in [4.69, 9.17) is 23.2 Å². The van der Waals surface area contributed by atoms with Crippen LogP contribution in [-0.4, -0.2) is 14.6 Å². The molecule has 0 spiro atoms. The Kier molecular flexibility index (Phi) is 5.39. The molecule has 0 fully saturated rings. The normalized spacial score (nSPS) is 10.9. The average molecular weight is 423 g/mol. The van der Waals surface area contributed by atoms with Crippen LogP contribution < -0.4 is 5.56 Å². The lowest BCUT2D eigenvalue weighted by atomic mass is 10.1.